The summed E-state index contributed by atoms with van der Waals surface area (Å²) in [4.78, 5) is 14.7. The first-order valence-electron chi connectivity index (χ1n) is 6.03. The quantitative estimate of drug-likeness (QED) is 0.773. The maximum Gasteiger partial charge on any atom is 0.407 e. The largest absolute Gasteiger partial charge is 0.465 e. The second kappa shape index (κ2) is 5.50. The zero-order valence-corrected chi connectivity index (χ0v) is 9.60. The molecule has 16 heavy (non-hydrogen) atoms. The van der Waals surface area contributed by atoms with Crippen LogP contribution in [0.1, 0.15) is 12.8 Å². The van der Waals surface area contributed by atoms with Crippen molar-refractivity contribution in [1.82, 2.24) is 9.80 Å². The van der Waals surface area contributed by atoms with Crippen LogP contribution in [0.2, 0.25) is 0 Å². The third kappa shape index (κ3) is 3.09. The summed E-state index contributed by atoms with van der Waals surface area (Å²) in [5.41, 5.74) is 0. The predicted octanol–water partition coefficient (Wildman–Crippen LogP) is 0.709. The van der Waals surface area contributed by atoms with Gasteiger partial charge in [-0.3, -0.25) is 4.90 Å². The molecule has 2 rings (SSSR count). The van der Waals surface area contributed by atoms with Crippen LogP contribution in [0.5, 0.6) is 0 Å². The van der Waals surface area contributed by atoms with Gasteiger partial charge in [-0.05, 0) is 25.3 Å². The topological polar surface area (TPSA) is 53.0 Å². The van der Waals surface area contributed by atoms with Gasteiger partial charge in [0.15, 0.2) is 0 Å². The van der Waals surface area contributed by atoms with Crippen LogP contribution in [0.25, 0.3) is 0 Å². The van der Waals surface area contributed by atoms with Gasteiger partial charge >= 0.3 is 6.09 Å². The van der Waals surface area contributed by atoms with Crippen molar-refractivity contribution in [3.8, 4) is 0 Å². The molecule has 1 amide bonds. The second-order valence-corrected chi connectivity index (χ2v) is 4.63. The van der Waals surface area contributed by atoms with E-state index < -0.39 is 6.09 Å². The number of rotatable bonds is 3. The number of hydrogen-bond donors (Lipinski definition) is 1. The van der Waals surface area contributed by atoms with Crippen LogP contribution in [-0.4, -0.2) is 66.9 Å². The van der Waals surface area contributed by atoms with Gasteiger partial charge in [0.05, 0.1) is 13.2 Å². The Kier molecular flexibility index (Phi) is 4.01. The highest BCUT2D eigenvalue weighted by molar-refractivity contribution is 5.65. The van der Waals surface area contributed by atoms with E-state index in [2.05, 4.69) is 4.90 Å². The second-order valence-electron chi connectivity index (χ2n) is 4.63. The lowest BCUT2D eigenvalue weighted by molar-refractivity contribution is 0.0355. The van der Waals surface area contributed by atoms with Gasteiger partial charge in [-0.2, -0.15) is 0 Å². The lowest BCUT2D eigenvalue weighted by atomic mass is 10.0. The van der Waals surface area contributed by atoms with E-state index in [0.717, 1.165) is 52.2 Å². The van der Waals surface area contributed by atoms with Gasteiger partial charge in [0.2, 0.25) is 0 Å². The molecule has 1 N–H and O–H groups in total. The normalized spacial score (nSPS) is 27.2. The van der Waals surface area contributed by atoms with Gasteiger partial charge in [-0.25, -0.2) is 4.79 Å². The number of likely N-dealkylation sites (tertiary alicyclic amines) is 1. The minimum absolute atomic E-state index is 0.555. The molecular weight excluding hydrogens is 208 g/mol. The molecule has 5 heteroatoms. The molecule has 92 valence electrons. The van der Waals surface area contributed by atoms with Crippen LogP contribution >= 0.6 is 0 Å². The standard InChI is InChI=1S/C11H20N2O3/c14-11(15)13-4-2-10(9-13)1-3-12-5-7-16-8-6-12/h10H,1-9H2,(H,14,15). The van der Waals surface area contributed by atoms with Crippen molar-refractivity contribution in [1.29, 1.82) is 0 Å². The summed E-state index contributed by atoms with van der Waals surface area (Å²) in [6.07, 6.45) is 1.37. The summed E-state index contributed by atoms with van der Waals surface area (Å²) in [7, 11) is 0. The Labute approximate surface area is 96.0 Å². The van der Waals surface area contributed by atoms with Gasteiger partial charge in [-0.15, -0.1) is 0 Å². The molecular formula is C11H20N2O3. The molecule has 0 saturated carbocycles. The average molecular weight is 228 g/mol. The molecule has 0 bridgehead atoms. The summed E-state index contributed by atoms with van der Waals surface area (Å²) in [6.45, 7) is 6.24. The Balaban J connectivity index is 1.65. The number of ether oxygens (including phenoxy) is 1. The molecule has 2 aliphatic rings. The van der Waals surface area contributed by atoms with Gasteiger partial charge in [-0.1, -0.05) is 0 Å². The lowest BCUT2D eigenvalue weighted by Crippen LogP contribution is -2.37. The summed E-state index contributed by atoms with van der Waals surface area (Å²) < 4.78 is 5.29. The monoisotopic (exact) mass is 228 g/mol. The Morgan fingerprint density at radius 1 is 1.31 bits per heavy atom. The summed E-state index contributed by atoms with van der Waals surface area (Å²) in [5.74, 6) is 0.555. The Hall–Kier alpha value is -0.810. The first kappa shape index (κ1) is 11.7. The van der Waals surface area contributed by atoms with Crippen molar-refractivity contribution >= 4 is 6.09 Å². The molecule has 2 aliphatic heterocycles. The molecule has 2 heterocycles. The van der Waals surface area contributed by atoms with E-state index in [9.17, 15) is 4.79 Å². The van der Waals surface area contributed by atoms with Gasteiger partial charge < -0.3 is 14.7 Å². The van der Waals surface area contributed by atoms with Crippen molar-refractivity contribution in [2.45, 2.75) is 12.8 Å². The van der Waals surface area contributed by atoms with E-state index in [-0.39, 0.29) is 0 Å². The van der Waals surface area contributed by atoms with E-state index in [4.69, 9.17) is 9.84 Å². The van der Waals surface area contributed by atoms with Crippen LogP contribution in [-0.2, 0) is 4.74 Å². The predicted molar refractivity (Wildman–Crippen MR) is 59.6 cm³/mol. The number of amides is 1. The number of hydrogen-bond acceptors (Lipinski definition) is 3. The minimum atomic E-state index is -0.770. The highest BCUT2D eigenvalue weighted by Gasteiger charge is 2.26. The van der Waals surface area contributed by atoms with Crippen molar-refractivity contribution in [2.24, 2.45) is 5.92 Å². The molecule has 0 aromatic carbocycles. The highest BCUT2D eigenvalue weighted by Crippen LogP contribution is 2.20. The Morgan fingerprint density at radius 3 is 2.69 bits per heavy atom. The molecule has 1 atom stereocenters. The van der Waals surface area contributed by atoms with Crippen molar-refractivity contribution < 1.29 is 14.6 Å². The summed E-state index contributed by atoms with van der Waals surface area (Å²) in [6, 6.07) is 0. The SMILES string of the molecule is O=C(O)N1CCC(CCN2CCOCC2)C1. The molecule has 0 spiro atoms. The first-order valence-corrected chi connectivity index (χ1v) is 6.03. The van der Waals surface area contributed by atoms with Crippen molar-refractivity contribution in [2.75, 3.05) is 45.9 Å². The molecule has 1 unspecified atom stereocenters. The molecule has 0 radical (unpaired) electrons. The minimum Gasteiger partial charge on any atom is -0.465 e. The van der Waals surface area contributed by atoms with Crippen LogP contribution in [0.3, 0.4) is 0 Å². The van der Waals surface area contributed by atoms with Crippen molar-refractivity contribution in [3.63, 3.8) is 0 Å². The van der Waals surface area contributed by atoms with E-state index in [1.165, 1.54) is 4.90 Å². The van der Waals surface area contributed by atoms with Gasteiger partial charge in [0, 0.05) is 26.2 Å². The average Bonchev–Trinajstić information content (AvgIpc) is 2.76. The molecule has 5 nitrogen and oxygen atoms in total. The van der Waals surface area contributed by atoms with E-state index >= 15 is 0 Å². The summed E-state index contributed by atoms with van der Waals surface area (Å²) in [5, 5.41) is 8.85. The van der Waals surface area contributed by atoms with E-state index in [1.807, 2.05) is 0 Å². The summed E-state index contributed by atoms with van der Waals surface area (Å²) >= 11 is 0. The van der Waals surface area contributed by atoms with Crippen molar-refractivity contribution in [3.05, 3.63) is 0 Å². The smallest absolute Gasteiger partial charge is 0.407 e. The number of nitrogens with zero attached hydrogens (tertiary/aromatic N) is 2. The molecule has 0 aromatic rings. The third-order valence-electron chi connectivity index (χ3n) is 3.51. The Bertz CT molecular complexity index is 241. The Morgan fingerprint density at radius 2 is 2.06 bits per heavy atom. The molecule has 2 saturated heterocycles. The fraction of sp³-hybridized carbons (Fsp3) is 0.909. The number of carbonyl (C=O) groups is 1. The molecule has 0 aliphatic carbocycles. The molecule has 2 fully saturated rings. The molecule has 0 aromatic heterocycles. The fourth-order valence-electron chi connectivity index (χ4n) is 2.43. The van der Waals surface area contributed by atoms with Crippen LogP contribution < -0.4 is 0 Å². The fourth-order valence-corrected chi connectivity index (χ4v) is 2.43. The van der Waals surface area contributed by atoms with Crippen LogP contribution in [0.4, 0.5) is 4.79 Å². The van der Waals surface area contributed by atoms with Gasteiger partial charge in [0.25, 0.3) is 0 Å². The lowest BCUT2D eigenvalue weighted by Gasteiger charge is -2.27. The van der Waals surface area contributed by atoms with Gasteiger partial charge in [0.1, 0.15) is 0 Å². The van der Waals surface area contributed by atoms with Crippen LogP contribution in [0, 0.1) is 5.92 Å². The zero-order chi connectivity index (χ0) is 11.4. The third-order valence-corrected chi connectivity index (χ3v) is 3.51. The number of morpholine rings is 1. The maximum atomic E-state index is 10.8. The number of carboxylic acid groups (broad SMARTS) is 1. The van der Waals surface area contributed by atoms with E-state index in [0.29, 0.717) is 12.5 Å². The first-order chi connectivity index (χ1) is 7.75. The maximum absolute atomic E-state index is 10.8. The zero-order valence-electron chi connectivity index (χ0n) is 9.60. The van der Waals surface area contributed by atoms with Crippen LogP contribution in [0.15, 0.2) is 0 Å². The van der Waals surface area contributed by atoms with E-state index in [1.54, 1.807) is 0 Å². The highest BCUT2D eigenvalue weighted by atomic mass is 16.5.